The highest BCUT2D eigenvalue weighted by Crippen LogP contribution is 2.21. The highest BCUT2D eigenvalue weighted by molar-refractivity contribution is 5.74. The summed E-state index contributed by atoms with van der Waals surface area (Å²) in [5.74, 6) is 1.38. The third kappa shape index (κ3) is 1.54. The van der Waals surface area contributed by atoms with E-state index in [0.717, 1.165) is 11.2 Å². The lowest BCUT2D eigenvalue weighted by molar-refractivity contribution is 0.373. The molecule has 0 aromatic carbocycles. The molecule has 17 heavy (non-hydrogen) atoms. The lowest BCUT2D eigenvalue weighted by Gasteiger charge is -1.95. The van der Waals surface area contributed by atoms with Crippen molar-refractivity contribution < 1.29 is 4.74 Å². The average Bonchev–Trinajstić information content (AvgIpc) is 2.91. The van der Waals surface area contributed by atoms with Crippen LogP contribution in [-0.2, 0) is 7.05 Å². The molecule has 1 N–H and O–H groups in total. The molecule has 0 aliphatic rings. The molecule has 0 aliphatic heterocycles. The summed E-state index contributed by atoms with van der Waals surface area (Å²) in [4.78, 5) is 11.7. The Labute approximate surface area is 97.3 Å². The maximum absolute atomic E-state index is 5.16. The maximum atomic E-state index is 5.16. The Hall–Kier alpha value is -2.37. The highest BCUT2D eigenvalue weighted by atomic mass is 16.5. The molecule has 0 saturated heterocycles. The topological polar surface area (TPSA) is 68.6 Å². The Bertz CT molecular complexity index is 636. The van der Waals surface area contributed by atoms with E-state index >= 15 is 0 Å². The number of fused-ring (bicyclic) bond motifs is 1. The summed E-state index contributed by atoms with van der Waals surface area (Å²) in [6.45, 7) is 0. The number of pyridine rings is 1. The number of hydrogen-bond donors (Lipinski definition) is 1. The predicted octanol–water partition coefficient (Wildman–Crippen LogP) is 1.37. The fraction of sp³-hybridized carbons (Fsp3) is 0.182. The highest BCUT2D eigenvalue weighted by Gasteiger charge is 2.11. The van der Waals surface area contributed by atoms with Gasteiger partial charge in [-0.05, 0) is 12.1 Å². The molecule has 0 saturated carbocycles. The Morgan fingerprint density at radius 2 is 2.29 bits per heavy atom. The van der Waals surface area contributed by atoms with Gasteiger partial charge in [0.05, 0.1) is 12.6 Å². The van der Waals surface area contributed by atoms with E-state index in [1.807, 2.05) is 25.2 Å². The van der Waals surface area contributed by atoms with Crippen LogP contribution in [0.2, 0.25) is 0 Å². The third-order valence-corrected chi connectivity index (χ3v) is 2.55. The molecular weight excluding hydrogens is 218 g/mol. The zero-order valence-corrected chi connectivity index (χ0v) is 9.51. The van der Waals surface area contributed by atoms with Gasteiger partial charge in [0.2, 0.25) is 5.88 Å². The van der Waals surface area contributed by atoms with Gasteiger partial charge in [0.1, 0.15) is 5.69 Å². The molecule has 3 aromatic rings. The van der Waals surface area contributed by atoms with Crippen LogP contribution in [0, 0.1) is 0 Å². The fourth-order valence-corrected chi connectivity index (χ4v) is 1.72. The number of imidazole rings is 1. The Morgan fingerprint density at radius 3 is 3.00 bits per heavy atom. The van der Waals surface area contributed by atoms with Gasteiger partial charge in [-0.2, -0.15) is 5.10 Å². The molecule has 0 bridgehead atoms. The summed E-state index contributed by atoms with van der Waals surface area (Å²) in [5.41, 5.74) is 2.32. The number of nitrogens with zero attached hydrogens (tertiary/aromatic N) is 4. The van der Waals surface area contributed by atoms with Crippen LogP contribution in [0.3, 0.4) is 0 Å². The molecule has 0 fully saturated rings. The van der Waals surface area contributed by atoms with E-state index in [9.17, 15) is 0 Å². The summed E-state index contributed by atoms with van der Waals surface area (Å²) >= 11 is 0. The number of nitrogens with one attached hydrogen (secondary N) is 1. The first kappa shape index (κ1) is 9.83. The van der Waals surface area contributed by atoms with E-state index in [2.05, 4.69) is 20.1 Å². The zero-order chi connectivity index (χ0) is 11.8. The van der Waals surface area contributed by atoms with Gasteiger partial charge in [0.25, 0.3) is 0 Å². The number of aryl methyl sites for hydroxylation is 1. The quantitative estimate of drug-likeness (QED) is 0.720. The van der Waals surface area contributed by atoms with Gasteiger partial charge in [-0.1, -0.05) is 0 Å². The minimum Gasteiger partial charge on any atom is -0.481 e. The van der Waals surface area contributed by atoms with Gasteiger partial charge in [0, 0.05) is 19.3 Å². The molecule has 0 radical (unpaired) electrons. The van der Waals surface area contributed by atoms with Gasteiger partial charge in [0.15, 0.2) is 11.5 Å². The summed E-state index contributed by atoms with van der Waals surface area (Å²) in [6, 6.07) is 5.63. The van der Waals surface area contributed by atoms with Crippen molar-refractivity contribution >= 4 is 11.2 Å². The van der Waals surface area contributed by atoms with Crippen molar-refractivity contribution in [3.05, 3.63) is 24.4 Å². The number of rotatable bonds is 2. The van der Waals surface area contributed by atoms with Crippen molar-refractivity contribution in [2.75, 3.05) is 7.11 Å². The third-order valence-electron chi connectivity index (χ3n) is 2.55. The van der Waals surface area contributed by atoms with Crippen molar-refractivity contribution in [2.24, 2.45) is 7.05 Å². The number of aromatic nitrogens is 5. The normalized spacial score (nSPS) is 10.9. The first-order valence-corrected chi connectivity index (χ1v) is 5.17. The first-order valence-electron chi connectivity index (χ1n) is 5.17. The Morgan fingerprint density at radius 1 is 1.41 bits per heavy atom. The smallest absolute Gasteiger partial charge is 0.211 e. The molecule has 6 nitrogen and oxygen atoms in total. The molecule has 86 valence electrons. The molecule has 3 rings (SSSR count). The number of hydrogen-bond acceptors (Lipinski definition) is 4. The number of H-pyrrole nitrogens is 1. The van der Waals surface area contributed by atoms with Crippen LogP contribution >= 0.6 is 0 Å². The predicted molar refractivity (Wildman–Crippen MR) is 62.6 cm³/mol. The molecule has 3 aromatic heterocycles. The van der Waals surface area contributed by atoms with Crippen LogP contribution in [0.25, 0.3) is 22.7 Å². The van der Waals surface area contributed by atoms with Crippen molar-refractivity contribution in [1.29, 1.82) is 0 Å². The summed E-state index contributed by atoms with van der Waals surface area (Å²) in [7, 11) is 3.43. The number of aromatic amines is 1. The van der Waals surface area contributed by atoms with Crippen LogP contribution in [0.15, 0.2) is 24.4 Å². The molecule has 0 spiro atoms. The molecule has 0 atom stereocenters. The Balaban J connectivity index is 2.13. The van der Waals surface area contributed by atoms with Crippen LogP contribution < -0.4 is 4.74 Å². The first-order chi connectivity index (χ1) is 8.28. The minimum atomic E-state index is 0.687. The van der Waals surface area contributed by atoms with Crippen molar-refractivity contribution in [2.45, 2.75) is 0 Å². The molecule has 0 amide bonds. The second-order valence-corrected chi connectivity index (χ2v) is 3.66. The lowest BCUT2D eigenvalue weighted by atomic mass is 10.4. The van der Waals surface area contributed by atoms with Crippen LogP contribution in [0.4, 0.5) is 0 Å². The largest absolute Gasteiger partial charge is 0.481 e. The van der Waals surface area contributed by atoms with Gasteiger partial charge >= 0.3 is 0 Å². The minimum absolute atomic E-state index is 0.687. The van der Waals surface area contributed by atoms with E-state index < -0.39 is 0 Å². The van der Waals surface area contributed by atoms with E-state index in [4.69, 9.17) is 4.74 Å². The molecular formula is C11H11N5O. The molecule has 6 heteroatoms. The summed E-state index contributed by atoms with van der Waals surface area (Å²) in [5, 5.41) is 4.32. The fourth-order valence-electron chi connectivity index (χ4n) is 1.72. The van der Waals surface area contributed by atoms with Gasteiger partial charge in [-0.15, -0.1) is 0 Å². The van der Waals surface area contributed by atoms with E-state index in [-0.39, 0.29) is 0 Å². The van der Waals surface area contributed by atoms with Crippen molar-refractivity contribution in [1.82, 2.24) is 24.7 Å². The van der Waals surface area contributed by atoms with Gasteiger partial charge < -0.3 is 9.72 Å². The standard InChI is InChI=1S/C11H11N5O/c1-16-9(17-2)6-8(15-16)11-13-7-4-3-5-12-10(7)14-11/h3-6H,1-2H3,(H,12,13,14). The van der Waals surface area contributed by atoms with Gasteiger partial charge in [-0.25, -0.2) is 14.6 Å². The number of methoxy groups -OCH3 is 1. The average molecular weight is 229 g/mol. The van der Waals surface area contributed by atoms with Crippen LogP contribution in [0.1, 0.15) is 0 Å². The number of ether oxygens (including phenoxy) is 1. The summed E-state index contributed by atoms with van der Waals surface area (Å²) in [6.07, 6.45) is 1.71. The zero-order valence-electron chi connectivity index (χ0n) is 9.51. The van der Waals surface area contributed by atoms with Crippen molar-refractivity contribution in [3.8, 4) is 17.4 Å². The van der Waals surface area contributed by atoms with Crippen LogP contribution in [0.5, 0.6) is 5.88 Å². The second kappa shape index (κ2) is 3.58. The van der Waals surface area contributed by atoms with E-state index in [1.54, 1.807) is 18.0 Å². The van der Waals surface area contributed by atoms with E-state index in [1.165, 1.54) is 0 Å². The van der Waals surface area contributed by atoms with Gasteiger partial charge in [-0.3, -0.25) is 0 Å². The Kier molecular flexibility index (Phi) is 2.07. The molecule has 3 heterocycles. The second-order valence-electron chi connectivity index (χ2n) is 3.66. The van der Waals surface area contributed by atoms with E-state index in [0.29, 0.717) is 17.4 Å². The molecule has 0 unspecified atom stereocenters. The monoisotopic (exact) mass is 229 g/mol. The van der Waals surface area contributed by atoms with Crippen LogP contribution in [-0.4, -0.2) is 31.8 Å². The summed E-state index contributed by atoms with van der Waals surface area (Å²) < 4.78 is 6.83. The maximum Gasteiger partial charge on any atom is 0.211 e. The lowest BCUT2D eigenvalue weighted by Crippen LogP contribution is -1.94. The molecule has 0 aliphatic carbocycles. The van der Waals surface area contributed by atoms with Crippen molar-refractivity contribution in [3.63, 3.8) is 0 Å². The SMILES string of the molecule is COc1cc(-c2nc3ncccc3[nH]2)nn1C.